The Labute approximate surface area is 105 Å². The summed E-state index contributed by atoms with van der Waals surface area (Å²) in [7, 11) is 1.79. The Balaban J connectivity index is 2.83. The van der Waals surface area contributed by atoms with Gasteiger partial charge in [-0.2, -0.15) is 5.26 Å². The molecule has 0 radical (unpaired) electrons. The van der Waals surface area contributed by atoms with Crippen molar-refractivity contribution in [2.75, 3.05) is 18.5 Å². The molecule has 0 saturated heterocycles. The van der Waals surface area contributed by atoms with E-state index in [9.17, 15) is 4.79 Å². The molecule has 0 fully saturated rings. The van der Waals surface area contributed by atoms with Gasteiger partial charge in [0.2, 0.25) is 0 Å². The molecule has 1 rings (SSSR count). The van der Waals surface area contributed by atoms with Crippen molar-refractivity contribution in [2.45, 2.75) is 6.92 Å². The van der Waals surface area contributed by atoms with Gasteiger partial charge in [-0.25, -0.2) is 0 Å². The first kappa shape index (κ1) is 13.3. The van der Waals surface area contributed by atoms with Crippen LogP contribution in [0.3, 0.4) is 0 Å². The fourth-order valence-corrected chi connectivity index (χ4v) is 1.64. The molecule has 0 amide bonds. The maximum absolute atomic E-state index is 10.7. The third-order valence-electron chi connectivity index (χ3n) is 2.48. The lowest BCUT2D eigenvalue weighted by Crippen LogP contribution is -2.28. The number of rotatable bonds is 4. The molecule has 0 aromatic heterocycles. The predicted octanol–water partition coefficient (Wildman–Crippen LogP) is 2.37. The number of hydrogen-bond donors (Lipinski definition) is 1. The Hall–Kier alpha value is -1.73. The second kappa shape index (κ2) is 5.55. The molecule has 0 bridgehead atoms. The van der Waals surface area contributed by atoms with Crippen molar-refractivity contribution in [3.8, 4) is 6.07 Å². The van der Waals surface area contributed by atoms with Crippen LogP contribution in [0.15, 0.2) is 18.2 Å². The Kier molecular flexibility index (Phi) is 4.36. The van der Waals surface area contributed by atoms with Crippen molar-refractivity contribution in [3.05, 3.63) is 28.8 Å². The van der Waals surface area contributed by atoms with Gasteiger partial charge >= 0.3 is 5.97 Å². The van der Waals surface area contributed by atoms with Crippen molar-refractivity contribution >= 4 is 23.3 Å². The number of nitrogens with zero attached hydrogens (tertiary/aromatic N) is 2. The average Bonchev–Trinajstić information content (AvgIpc) is 2.28. The number of halogens is 1. The van der Waals surface area contributed by atoms with Crippen LogP contribution in [0, 0.1) is 17.2 Å². The highest BCUT2D eigenvalue weighted by molar-refractivity contribution is 6.32. The lowest BCUT2D eigenvalue weighted by Gasteiger charge is -2.21. The zero-order valence-electron chi connectivity index (χ0n) is 9.64. The first-order valence-electron chi connectivity index (χ1n) is 5.09. The minimum absolute atomic E-state index is 0.375. The second-order valence-electron chi connectivity index (χ2n) is 3.90. The number of hydrogen-bond acceptors (Lipinski definition) is 3. The SMILES string of the molecule is C[C@H](CN(C)c1ccc(C#N)c(Cl)c1)C(=O)O. The van der Waals surface area contributed by atoms with E-state index in [1.54, 1.807) is 37.1 Å². The number of aliphatic carboxylic acids is 1. The van der Waals surface area contributed by atoms with E-state index in [1.807, 2.05) is 6.07 Å². The predicted molar refractivity (Wildman–Crippen MR) is 66.2 cm³/mol. The summed E-state index contributed by atoms with van der Waals surface area (Å²) in [4.78, 5) is 12.5. The Morgan fingerprint density at radius 1 is 1.65 bits per heavy atom. The molecule has 17 heavy (non-hydrogen) atoms. The van der Waals surface area contributed by atoms with Crippen LogP contribution in [0.5, 0.6) is 0 Å². The average molecular weight is 253 g/mol. The monoisotopic (exact) mass is 252 g/mol. The molecule has 0 saturated carbocycles. The van der Waals surface area contributed by atoms with Crippen LogP contribution in [0.4, 0.5) is 5.69 Å². The number of carboxylic acids is 1. The van der Waals surface area contributed by atoms with Crippen LogP contribution in [-0.4, -0.2) is 24.7 Å². The molecule has 1 atom stereocenters. The van der Waals surface area contributed by atoms with Crippen LogP contribution in [0.25, 0.3) is 0 Å². The maximum Gasteiger partial charge on any atom is 0.308 e. The van der Waals surface area contributed by atoms with Gasteiger partial charge < -0.3 is 10.0 Å². The van der Waals surface area contributed by atoms with Crippen LogP contribution >= 0.6 is 11.6 Å². The lowest BCUT2D eigenvalue weighted by molar-refractivity contribution is -0.140. The molecular formula is C12H13ClN2O2. The van der Waals surface area contributed by atoms with Gasteiger partial charge in [-0.1, -0.05) is 18.5 Å². The molecule has 1 aromatic rings. The van der Waals surface area contributed by atoms with E-state index < -0.39 is 11.9 Å². The summed E-state index contributed by atoms with van der Waals surface area (Å²) >= 11 is 5.91. The molecule has 0 heterocycles. The summed E-state index contributed by atoms with van der Waals surface area (Å²) in [5.41, 5.74) is 1.21. The number of carboxylic acid groups (broad SMARTS) is 1. The smallest absolute Gasteiger partial charge is 0.308 e. The third kappa shape index (κ3) is 3.36. The molecule has 5 heteroatoms. The Bertz CT molecular complexity index is 468. The first-order chi connectivity index (χ1) is 7.95. The number of benzene rings is 1. The van der Waals surface area contributed by atoms with E-state index in [0.29, 0.717) is 17.1 Å². The standard InChI is InChI=1S/C12H13ClN2O2/c1-8(12(16)17)7-15(2)10-4-3-9(6-14)11(13)5-10/h3-5,8H,7H2,1-2H3,(H,16,17)/t8-/m1/s1. The van der Waals surface area contributed by atoms with Gasteiger partial charge in [0.05, 0.1) is 16.5 Å². The van der Waals surface area contributed by atoms with Crippen molar-refractivity contribution in [1.82, 2.24) is 0 Å². The Morgan fingerprint density at radius 3 is 2.76 bits per heavy atom. The van der Waals surface area contributed by atoms with Crippen LogP contribution in [-0.2, 0) is 4.79 Å². The molecule has 90 valence electrons. The largest absolute Gasteiger partial charge is 0.481 e. The minimum Gasteiger partial charge on any atom is -0.481 e. The molecule has 0 spiro atoms. The van der Waals surface area contributed by atoms with E-state index in [4.69, 9.17) is 22.0 Å². The minimum atomic E-state index is -0.836. The molecule has 0 aliphatic carbocycles. The summed E-state index contributed by atoms with van der Waals surface area (Å²) in [5, 5.41) is 17.9. The highest BCUT2D eigenvalue weighted by Gasteiger charge is 2.14. The van der Waals surface area contributed by atoms with E-state index in [-0.39, 0.29) is 0 Å². The zero-order chi connectivity index (χ0) is 13.0. The lowest BCUT2D eigenvalue weighted by atomic mass is 10.1. The molecule has 1 N–H and O–H groups in total. The molecule has 0 aliphatic rings. The summed E-state index contributed by atoms with van der Waals surface area (Å²) in [6.07, 6.45) is 0. The van der Waals surface area contributed by atoms with Gasteiger partial charge in [-0.3, -0.25) is 4.79 Å². The zero-order valence-corrected chi connectivity index (χ0v) is 10.4. The van der Waals surface area contributed by atoms with Crippen LogP contribution in [0.1, 0.15) is 12.5 Å². The van der Waals surface area contributed by atoms with E-state index in [1.165, 1.54) is 0 Å². The quantitative estimate of drug-likeness (QED) is 0.894. The highest BCUT2D eigenvalue weighted by atomic mass is 35.5. The van der Waals surface area contributed by atoms with Gasteiger partial charge in [0.15, 0.2) is 0 Å². The van der Waals surface area contributed by atoms with Gasteiger partial charge in [-0.05, 0) is 18.2 Å². The molecular weight excluding hydrogens is 240 g/mol. The summed E-state index contributed by atoms with van der Waals surface area (Å²) < 4.78 is 0. The number of anilines is 1. The van der Waals surface area contributed by atoms with E-state index in [2.05, 4.69) is 0 Å². The second-order valence-corrected chi connectivity index (χ2v) is 4.30. The van der Waals surface area contributed by atoms with Crippen molar-refractivity contribution in [1.29, 1.82) is 5.26 Å². The maximum atomic E-state index is 10.7. The summed E-state index contributed by atoms with van der Waals surface area (Å²) in [6, 6.07) is 7.01. The number of nitriles is 1. The molecule has 0 unspecified atom stereocenters. The van der Waals surface area contributed by atoms with Gasteiger partial charge in [0.25, 0.3) is 0 Å². The van der Waals surface area contributed by atoms with Crippen LogP contribution < -0.4 is 4.90 Å². The fourth-order valence-electron chi connectivity index (χ4n) is 1.43. The van der Waals surface area contributed by atoms with E-state index in [0.717, 1.165) is 5.69 Å². The Morgan fingerprint density at radius 2 is 2.29 bits per heavy atom. The van der Waals surface area contributed by atoms with E-state index >= 15 is 0 Å². The molecule has 0 aliphatic heterocycles. The highest BCUT2D eigenvalue weighted by Crippen LogP contribution is 2.23. The van der Waals surface area contributed by atoms with Crippen molar-refractivity contribution in [2.24, 2.45) is 5.92 Å². The molecule has 1 aromatic carbocycles. The van der Waals surface area contributed by atoms with Gasteiger partial charge in [0, 0.05) is 19.3 Å². The van der Waals surface area contributed by atoms with Gasteiger partial charge in [-0.15, -0.1) is 0 Å². The topological polar surface area (TPSA) is 64.3 Å². The van der Waals surface area contributed by atoms with Crippen molar-refractivity contribution in [3.63, 3.8) is 0 Å². The van der Waals surface area contributed by atoms with Gasteiger partial charge in [0.1, 0.15) is 6.07 Å². The normalized spacial score (nSPS) is 11.6. The van der Waals surface area contributed by atoms with Crippen molar-refractivity contribution < 1.29 is 9.90 Å². The summed E-state index contributed by atoms with van der Waals surface area (Å²) in [5.74, 6) is -1.30. The third-order valence-corrected chi connectivity index (χ3v) is 2.80. The first-order valence-corrected chi connectivity index (χ1v) is 5.47. The fraction of sp³-hybridized carbons (Fsp3) is 0.333. The number of carbonyl (C=O) groups is 1. The van der Waals surface area contributed by atoms with Crippen LogP contribution in [0.2, 0.25) is 5.02 Å². The molecule has 4 nitrogen and oxygen atoms in total. The summed E-state index contributed by atoms with van der Waals surface area (Å²) in [6.45, 7) is 2.03.